The van der Waals surface area contributed by atoms with Gasteiger partial charge < -0.3 is 34.9 Å². The molecule has 3 heterocycles. The number of hydrogen-bond acceptors (Lipinski definition) is 10. The Hall–Kier alpha value is -4.66. The number of aromatic hydroxyl groups is 2. The number of methoxy groups -OCH3 is 4. The summed E-state index contributed by atoms with van der Waals surface area (Å²) in [4.78, 5) is 9.19. The van der Waals surface area contributed by atoms with Crippen molar-refractivity contribution in [2.45, 2.75) is 56.9 Å². The zero-order valence-electron chi connectivity index (χ0n) is 27.3. The van der Waals surface area contributed by atoms with Gasteiger partial charge in [0.1, 0.15) is 23.4 Å². The van der Waals surface area contributed by atoms with Gasteiger partial charge in [-0.05, 0) is 33.7 Å². The lowest BCUT2D eigenvalue weighted by atomic mass is 9.71. The van der Waals surface area contributed by atoms with Crippen LogP contribution in [0.1, 0.15) is 51.0 Å². The van der Waals surface area contributed by atoms with E-state index in [1.54, 1.807) is 14.2 Å². The summed E-state index contributed by atoms with van der Waals surface area (Å²) < 4.78 is 23.3. The first-order chi connectivity index (χ1) is 22.1. The van der Waals surface area contributed by atoms with Crippen LogP contribution in [0.25, 0.3) is 0 Å². The van der Waals surface area contributed by atoms with Crippen LogP contribution in [0.5, 0.6) is 34.5 Å². The molecule has 6 rings (SSSR count). The number of hydrogen-bond donors (Lipinski definition) is 3. The predicted molar refractivity (Wildman–Crippen MR) is 173 cm³/mol. The van der Waals surface area contributed by atoms with Crippen molar-refractivity contribution in [3.05, 3.63) is 69.3 Å². The molecule has 46 heavy (non-hydrogen) atoms. The van der Waals surface area contributed by atoms with E-state index in [4.69, 9.17) is 29.7 Å². The molecule has 0 aliphatic carbocycles. The van der Waals surface area contributed by atoms with Crippen LogP contribution in [0.3, 0.4) is 0 Å². The maximum Gasteiger partial charge on any atom is 0.167 e. The second-order valence-electron chi connectivity index (χ2n) is 12.1. The minimum atomic E-state index is -0.599. The van der Waals surface area contributed by atoms with Crippen LogP contribution in [-0.4, -0.2) is 86.0 Å². The number of fused-ring (bicyclic) bond motifs is 7. The van der Waals surface area contributed by atoms with Crippen molar-refractivity contribution in [2.75, 3.05) is 42.0 Å². The Labute approximate surface area is 269 Å². The molecule has 0 aromatic heterocycles. The molecule has 0 unspecified atom stereocenters. The number of nitrogens with two attached hydrogens (primary N) is 1. The minimum absolute atomic E-state index is 0.00396. The Morgan fingerprint density at radius 1 is 0.870 bits per heavy atom. The summed E-state index contributed by atoms with van der Waals surface area (Å²) in [6, 6.07) is 9.99. The molecule has 0 amide bonds. The topological polar surface area (TPSA) is 146 Å². The van der Waals surface area contributed by atoms with Crippen LogP contribution in [0.15, 0.2) is 35.3 Å². The lowest BCUT2D eigenvalue weighted by Crippen LogP contribution is -2.68. The fourth-order valence-corrected chi connectivity index (χ4v) is 8.28. The molecule has 11 nitrogen and oxygen atoms in total. The highest BCUT2D eigenvalue weighted by molar-refractivity contribution is 5.97. The number of phenols is 2. The van der Waals surface area contributed by atoms with Gasteiger partial charge in [-0.2, -0.15) is 5.26 Å². The number of ether oxygens (including phenoxy) is 4. The molecular weight excluding hydrogens is 586 g/mol. The summed E-state index contributed by atoms with van der Waals surface area (Å²) in [5.74, 6) is 2.35. The summed E-state index contributed by atoms with van der Waals surface area (Å²) in [6.07, 6.45) is 0.884. The number of benzene rings is 3. The Morgan fingerprint density at radius 3 is 1.93 bits per heavy atom. The van der Waals surface area contributed by atoms with Crippen LogP contribution < -0.4 is 24.7 Å². The van der Waals surface area contributed by atoms with Crippen molar-refractivity contribution in [3.8, 4) is 40.6 Å². The number of phenolic OH excluding ortho intramolecular Hbond substituents is 2. The molecule has 4 N–H and O–H groups in total. The van der Waals surface area contributed by atoms with E-state index >= 15 is 0 Å². The number of nitriles is 1. The van der Waals surface area contributed by atoms with E-state index in [0.717, 1.165) is 16.7 Å². The number of likely N-dealkylation sites (N-methyl/N-ethyl adjacent to an activating group) is 1. The molecule has 3 aliphatic rings. The van der Waals surface area contributed by atoms with E-state index < -0.39 is 12.1 Å². The molecule has 3 aromatic carbocycles. The molecule has 1 saturated heterocycles. The zero-order chi connectivity index (χ0) is 33.0. The Morgan fingerprint density at radius 2 is 1.39 bits per heavy atom. The lowest BCUT2D eigenvalue weighted by molar-refractivity contribution is -0.0712. The first kappa shape index (κ1) is 31.3. The summed E-state index contributed by atoms with van der Waals surface area (Å²) in [7, 11) is 8.28. The largest absolute Gasteiger partial charge is 0.504 e. The second-order valence-corrected chi connectivity index (χ2v) is 12.1. The summed E-state index contributed by atoms with van der Waals surface area (Å²) in [6.45, 7) is 3.88. The third-order valence-corrected chi connectivity index (χ3v) is 10.2. The quantitative estimate of drug-likeness (QED) is 0.260. The average Bonchev–Trinajstić information content (AvgIpc) is 3.05. The number of piperazine rings is 1. The Balaban J connectivity index is 1.62. The molecule has 242 valence electrons. The van der Waals surface area contributed by atoms with E-state index in [-0.39, 0.29) is 36.2 Å². The van der Waals surface area contributed by atoms with Gasteiger partial charge >= 0.3 is 0 Å². The molecule has 0 spiro atoms. The van der Waals surface area contributed by atoms with Gasteiger partial charge in [0.25, 0.3) is 0 Å². The highest BCUT2D eigenvalue weighted by Gasteiger charge is 2.57. The van der Waals surface area contributed by atoms with Crippen LogP contribution in [-0.2, 0) is 12.8 Å². The maximum absolute atomic E-state index is 11.8. The Kier molecular flexibility index (Phi) is 8.12. The monoisotopic (exact) mass is 627 g/mol. The molecule has 0 saturated carbocycles. The summed E-state index contributed by atoms with van der Waals surface area (Å²) >= 11 is 0. The van der Waals surface area contributed by atoms with Crippen molar-refractivity contribution in [2.24, 2.45) is 10.7 Å². The summed E-state index contributed by atoms with van der Waals surface area (Å²) in [5.41, 5.74) is 11.7. The summed E-state index contributed by atoms with van der Waals surface area (Å²) in [5, 5.41) is 34.5. The van der Waals surface area contributed by atoms with E-state index in [1.807, 2.05) is 51.2 Å². The van der Waals surface area contributed by atoms with Gasteiger partial charge in [-0.25, -0.2) is 0 Å². The minimum Gasteiger partial charge on any atom is -0.504 e. The standard InChI is InChI=1S/C35H41N5O6/c1-17-31(43-4)20-14-23-28-27-21(32(44-5)18(2)34(46-7)30(27)42)13-22(39(28)3)24(15-36)40(23)25(26(20)29(41)33(17)45-6)16-38-35(37)19-11-9-8-10-12-19/h8-12,22-25,28,41-42H,13-14,16H2,1-7H3,(H2,37,38)/t22-,23-,24-,25-,28-/m0/s1. The predicted octanol–water partition coefficient (Wildman–Crippen LogP) is 3.93. The molecule has 2 bridgehead atoms. The number of aliphatic imine (C=N–C) groups is 1. The first-order valence-electron chi connectivity index (χ1n) is 15.3. The molecular formula is C35H41N5O6. The van der Waals surface area contributed by atoms with Crippen LogP contribution >= 0.6 is 0 Å². The van der Waals surface area contributed by atoms with Gasteiger partial charge in [0, 0.05) is 51.0 Å². The molecule has 5 atom stereocenters. The number of rotatable bonds is 7. The number of nitrogens with zero attached hydrogens (tertiary/aromatic N) is 4. The molecule has 3 aliphatic heterocycles. The van der Waals surface area contributed by atoms with Crippen molar-refractivity contribution >= 4 is 5.84 Å². The highest BCUT2D eigenvalue weighted by Crippen LogP contribution is 2.58. The zero-order valence-corrected chi connectivity index (χ0v) is 27.3. The Bertz CT molecular complexity index is 1750. The van der Waals surface area contributed by atoms with Crippen molar-refractivity contribution in [1.29, 1.82) is 5.26 Å². The van der Waals surface area contributed by atoms with Gasteiger partial charge in [0.05, 0.1) is 53.1 Å². The van der Waals surface area contributed by atoms with Gasteiger partial charge in [-0.1, -0.05) is 30.3 Å². The molecule has 1 fully saturated rings. The smallest absolute Gasteiger partial charge is 0.167 e. The molecule has 3 aromatic rings. The third kappa shape index (κ3) is 4.42. The van der Waals surface area contributed by atoms with Crippen molar-refractivity contribution in [3.63, 3.8) is 0 Å². The molecule has 0 radical (unpaired) electrons. The average molecular weight is 628 g/mol. The van der Waals surface area contributed by atoms with Gasteiger partial charge in [-0.3, -0.25) is 14.8 Å². The third-order valence-electron chi connectivity index (χ3n) is 10.2. The van der Waals surface area contributed by atoms with Crippen molar-refractivity contribution < 1.29 is 29.2 Å². The van der Waals surface area contributed by atoms with Crippen molar-refractivity contribution in [1.82, 2.24) is 9.80 Å². The molecule has 11 heteroatoms. The van der Waals surface area contributed by atoms with E-state index in [0.29, 0.717) is 63.9 Å². The van der Waals surface area contributed by atoms with Crippen LogP contribution in [0.4, 0.5) is 0 Å². The van der Waals surface area contributed by atoms with Crippen LogP contribution in [0, 0.1) is 25.2 Å². The van der Waals surface area contributed by atoms with Crippen LogP contribution in [0.2, 0.25) is 0 Å². The highest BCUT2D eigenvalue weighted by atomic mass is 16.5. The van der Waals surface area contributed by atoms with E-state index in [9.17, 15) is 15.5 Å². The maximum atomic E-state index is 11.8. The second kappa shape index (κ2) is 11.9. The fourth-order valence-electron chi connectivity index (χ4n) is 8.28. The number of amidine groups is 1. The van der Waals surface area contributed by atoms with E-state index in [1.165, 1.54) is 14.2 Å². The first-order valence-corrected chi connectivity index (χ1v) is 15.3. The SMILES string of the molecule is COc1c(C)c(OC)c2c(c1O)[C@@H]1[C@@H]3Cc4c(OC)c(C)c(OC)c(O)c4[C@H](CN=C(N)c4ccccc4)N3[C@@H](C#N)[C@H](C2)N1C. The normalized spacial score (nSPS) is 23.9. The van der Waals surface area contributed by atoms with Gasteiger partial charge in [-0.15, -0.1) is 0 Å². The fraction of sp³-hybridized carbons (Fsp3) is 0.429. The van der Waals surface area contributed by atoms with Gasteiger partial charge in [0.2, 0.25) is 0 Å². The van der Waals surface area contributed by atoms with Gasteiger partial charge in [0.15, 0.2) is 23.0 Å². The lowest BCUT2D eigenvalue weighted by Gasteiger charge is -2.60. The van der Waals surface area contributed by atoms with E-state index in [2.05, 4.69) is 15.9 Å².